The van der Waals surface area contributed by atoms with Crippen LogP contribution in [-0.2, 0) is 11.2 Å². The molecule has 0 unspecified atom stereocenters. The average Bonchev–Trinajstić information content (AvgIpc) is 2.28. The van der Waals surface area contributed by atoms with Crippen molar-refractivity contribution >= 4 is 29.1 Å². The van der Waals surface area contributed by atoms with Gasteiger partial charge in [0.25, 0.3) is 0 Å². The summed E-state index contributed by atoms with van der Waals surface area (Å²) in [5.74, 6) is 0.0258. The molecular formula is C13H15Cl2NO. The molecule has 0 fully saturated rings. The molecule has 0 radical (unpaired) electrons. The highest BCUT2D eigenvalue weighted by atomic mass is 35.5. The maximum Gasteiger partial charge on any atom is 0.220 e. The van der Waals surface area contributed by atoms with Crippen LogP contribution in [0, 0.1) is 0 Å². The fraction of sp³-hybridized carbons (Fsp3) is 0.308. The Morgan fingerprint density at radius 3 is 2.82 bits per heavy atom. The van der Waals surface area contributed by atoms with Gasteiger partial charge in [0.05, 0.1) is 0 Å². The number of carbonyl (C=O) groups excluding carboxylic acids is 1. The molecule has 0 aromatic heterocycles. The molecule has 1 amide bonds. The predicted octanol–water partition coefficient (Wildman–Crippen LogP) is 3.62. The second kappa shape index (κ2) is 7.36. The molecule has 1 aromatic carbocycles. The van der Waals surface area contributed by atoms with Crippen molar-refractivity contribution in [2.45, 2.75) is 19.3 Å². The molecule has 1 aromatic rings. The van der Waals surface area contributed by atoms with Crippen LogP contribution in [-0.4, -0.2) is 12.5 Å². The Kier molecular flexibility index (Phi) is 6.09. The van der Waals surface area contributed by atoms with Gasteiger partial charge in [-0.2, -0.15) is 0 Å². The molecule has 0 aliphatic heterocycles. The third-order valence-electron chi connectivity index (χ3n) is 2.31. The Balaban J connectivity index is 2.39. The van der Waals surface area contributed by atoms with Crippen LogP contribution in [0.25, 0.3) is 0 Å². The summed E-state index contributed by atoms with van der Waals surface area (Å²) in [5, 5.41) is 4.02. The van der Waals surface area contributed by atoms with E-state index in [0.717, 1.165) is 12.0 Å². The van der Waals surface area contributed by atoms with Crippen LogP contribution in [0.1, 0.15) is 18.4 Å². The maximum atomic E-state index is 11.5. The van der Waals surface area contributed by atoms with Crippen molar-refractivity contribution in [1.29, 1.82) is 0 Å². The molecule has 0 saturated heterocycles. The Bertz CT molecular complexity index is 404. The van der Waals surface area contributed by atoms with Gasteiger partial charge in [-0.3, -0.25) is 4.79 Å². The Morgan fingerprint density at radius 1 is 1.41 bits per heavy atom. The number of halogens is 2. The standard InChI is InChI=1S/C13H15Cl2NO/c1-2-3-8-16-13(17)7-5-10-4-6-11(14)9-12(10)15/h2,4,6,9H,1,3,5,7-8H2,(H,16,17). The lowest BCUT2D eigenvalue weighted by Crippen LogP contribution is -2.24. The van der Waals surface area contributed by atoms with E-state index in [1.807, 2.05) is 6.07 Å². The molecule has 0 saturated carbocycles. The van der Waals surface area contributed by atoms with E-state index < -0.39 is 0 Å². The van der Waals surface area contributed by atoms with E-state index in [-0.39, 0.29) is 5.91 Å². The molecule has 2 nitrogen and oxygen atoms in total. The second-order valence-corrected chi connectivity index (χ2v) is 4.51. The van der Waals surface area contributed by atoms with Crippen LogP contribution < -0.4 is 5.32 Å². The summed E-state index contributed by atoms with van der Waals surface area (Å²) in [5.41, 5.74) is 0.940. The Hall–Kier alpha value is -0.990. The number of aryl methyl sites for hydroxylation is 1. The van der Waals surface area contributed by atoms with E-state index in [0.29, 0.717) is 29.4 Å². The minimum atomic E-state index is 0.0258. The predicted molar refractivity (Wildman–Crippen MR) is 72.6 cm³/mol. The van der Waals surface area contributed by atoms with Gasteiger partial charge in [0, 0.05) is 23.0 Å². The minimum absolute atomic E-state index is 0.0258. The van der Waals surface area contributed by atoms with Gasteiger partial charge < -0.3 is 5.32 Å². The molecule has 1 rings (SSSR count). The smallest absolute Gasteiger partial charge is 0.220 e. The summed E-state index contributed by atoms with van der Waals surface area (Å²) in [6.45, 7) is 4.23. The van der Waals surface area contributed by atoms with Gasteiger partial charge in [-0.05, 0) is 30.5 Å². The molecule has 4 heteroatoms. The molecular weight excluding hydrogens is 257 g/mol. The van der Waals surface area contributed by atoms with Crippen molar-refractivity contribution in [2.75, 3.05) is 6.54 Å². The normalized spacial score (nSPS) is 10.0. The van der Waals surface area contributed by atoms with Gasteiger partial charge in [-0.15, -0.1) is 6.58 Å². The van der Waals surface area contributed by atoms with Crippen molar-refractivity contribution in [3.8, 4) is 0 Å². The Labute approximate surface area is 112 Å². The summed E-state index contributed by atoms with van der Waals surface area (Å²) in [6, 6.07) is 5.31. The van der Waals surface area contributed by atoms with E-state index >= 15 is 0 Å². The van der Waals surface area contributed by atoms with E-state index in [1.54, 1.807) is 18.2 Å². The zero-order valence-electron chi connectivity index (χ0n) is 9.51. The quantitative estimate of drug-likeness (QED) is 0.622. The summed E-state index contributed by atoms with van der Waals surface area (Å²) in [6.07, 6.45) is 3.61. The first-order valence-corrected chi connectivity index (χ1v) is 6.20. The van der Waals surface area contributed by atoms with Crippen LogP contribution in [0.15, 0.2) is 30.9 Å². The number of amides is 1. The topological polar surface area (TPSA) is 29.1 Å². The van der Waals surface area contributed by atoms with Crippen LogP contribution in [0.2, 0.25) is 10.0 Å². The van der Waals surface area contributed by atoms with Crippen molar-refractivity contribution < 1.29 is 4.79 Å². The number of benzene rings is 1. The van der Waals surface area contributed by atoms with Crippen molar-refractivity contribution in [2.24, 2.45) is 0 Å². The van der Waals surface area contributed by atoms with Gasteiger partial charge in [-0.1, -0.05) is 35.3 Å². The highest BCUT2D eigenvalue weighted by molar-refractivity contribution is 6.35. The first-order chi connectivity index (χ1) is 8.13. The fourth-order valence-corrected chi connectivity index (χ4v) is 1.88. The maximum absolute atomic E-state index is 11.5. The molecule has 0 aliphatic rings. The molecule has 0 bridgehead atoms. The lowest BCUT2D eigenvalue weighted by atomic mass is 10.1. The fourth-order valence-electron chi connectivity index (χ4n) is 1.37. The number of nitrogens with one attached hydrogen (secondary N) is 1. The summed E-state index contributed by atoms with van der Waals surface area (Å²) < 4.78 is 0. The van der Waals surface area contributed by atoms with E-state index in [2.05, 4.69) is 11.9 Å². The molecule has 1 N–H and O–H groups in total. The summed E-state index contributed by atoms with van der Waals surface area (Å²) in [4.78, 5) is 11.5. The third kappa shape index (κ3) is 5.24. The van der Waals surface area contributed by atoms with Crippen molar-refractivity contribution in [3.05, 3.63) is 46.5 Å². The molecule has 0 aliphatic carbocycles. The van der Waals surface area contributed by atoms with Gasteiger partial charge in [0.15, 0.2) is 0 Å². The molecule has 0 atom stereocenters. The van der Waals surface area contributed by atoms with Gasteiger partial charge in [-0.25, -0.2) is 0 Å². The lowest BCUT2D eigenvalue weighted by molar-refractivity contribution is -0.121. The van der Waals surface area contributed by atoms with E-state index in [4.69, 9.17) is 23.2 Å². The summed E-state index contributed by atoms with van der Waals surface area (Å²) in [7, 11) is 0. The zero-order valence-corrected chi connectivity index (χ0v) is 11.0. The third-order valence-corrected chi connectivity index (χ3v) is 2.89. The van der Waals surface area contributed by atoms with Gasteiger partial charge >= 0.3 is 0 Å². The monoisotopic (exact) mass is 271 g/mol. The number of hydrogen-bond acceptors (Lipinski definition) is 1. The largest absolute Gasteiger partial charge is 0.356 e. The van der Waals surface area contributed by atoms with Gasteiger partial charge in [0.2, 0.25) is 5.91 Å². The number of rotatable bonds is 6. The number of hydrogen-bond donors (Lipinski definition) is 1. The van der Waals surface area contributed by atoms with Crippen LogP contribution in [0.5, 0.6) is 0 Å². The second-order valence-electron chi connectivity index (χ2n) is 3.66. The molecule has 0 spiro atoms. The molecule has 17 heavy (non-hydrogen) atoms. The molecule has 92 valence electrons. The van der Waals surface area contributed by atoms with E-state index in [9.17, 15) is 4.79 Å². The highest BCUT2D eigenvalue weighted by Gasteiger charge is 2.05. The summed E-state index contributed by atoms with van der Waals surface area (Å²) >= 11 is 11.8. The lowest BCUT2D eigenvalue weighted by Gasteiger charge is -2.05. The van der Waals surface area contributed by atoms with E-state index in [1.165, 1.54) is 0 Å². The first kappa shape index (κ1) is 14.1. The van der Waals surface area contributed by atoms with Crippen LogP contribution >= 0.6 is 23.2 Å². The SMILES string of the molecule is C=CCCNC(=O)CCc1ccc(Cl)cc1Cl. The number of carbonyl (C=O) groups is 1. The minimum Gasteiger partial charge on any atom is -0.356 e. The van der Waals surface area contributed by atoms with Crippen molar-refractivity contribution in [1.82, 2.24) is 5.32 Å². The zero-order chi connectivity index (χ0) is 12.7. The first-order valence-electron chi connectivity index (χ1n) is 5.45. The van der Waals surface area contributed by atoms with Crippen LogP contribution in [0.4, 0.5) is 0 Å². The highest BCUT2D eigenvalue weighted by Crippen LogP contribution is 2.21. The van der Waals surface area contributed by atoms with Crippen LogP contribution in [0.3, 0.4) is 0 Å². The average molecular weight is 272 g/mol. The Morgan fingerprint density at radius 2 is 2.18 bits per heavy atom. The molecule has 0 heterocycles. The van der Waals surface area contributed by atoms with Gasteiger partial charge in [0.1, 0.15) is 0 Å². The van der Waals surface area contributed by atoms with Crippen molar-refractivity contribution in [3.63, 3.8) is 0 Å².